The van der Waals surface area contributed by atoms with Crippen LogP contribution in [0.1, 0.15) is 16.8 Å². The van der Waals surface area contributed by atoms with E-state index in [0.29, 0.717) is 0 Å². The van der Waals surface area contributed by atoms with Gasteiger partial charge in [-0.25, -0.2) is 14.6 Å². The van der Waals surface area contributed by atoms with Crippen LogP contribution in [-0.2, 0) is 14.3 Å². The van der Waals surface area contributed by atoms with E-state index in [1.54, 1.807) is 18.2 Å². The van der Waals surface area contributed by atoms with Crippen molar-refractivity contribution in [3.05, 3.63) is 48.3 Å². The van der Waals surface area contributed by atoms with Crippen molar-refractivity contribution in [2.24, 2.45) is 4.99 Å². The lowest BCUT2D eigenvalue weighted by Crippen LogP contribution is -2.73. The van der Waals surface area contributed by atoms with Gasteiger partial charge in [0.2, 0.25) is 9.75 Å². The van der Waals surface area contributed by atoms with Gasteiger partial charge in [-0.1, -0.05) is 59.6 Å². The number of ether oxygens (including phenoxy) is 2. The predicted octanol–water partition coefficient (Wildman–Crippen LogP) is 0.361. The summed E-state index contributed by atoms with van der Waals surface area (Å²) >= 11 is 16.8. The van der Waals surface area contributed by atoms with Gasteiger partial charge in [0, 0.05) is 0 Å². The Morgan fingerprint density at radius 1 is 1.25 bits per heavy atom. The molecule has 1 aromatic rings. The van der Waals surface area contributed by atoms with E-state index in [1.165, 1.54) is 17.0 Å². The molecule has 5 N–H and O–H groups in total. The minimum atomic E-state index is -1.86. The molecule has 15 heteroatoms. The Morgan fingerprint density at radius 2 is 1.94 bits per heavy atom. The van der Waals surface area contributed by atoms with Crippen molar-refractivity contribution in [1.82, 2.24) is 20.9 Å². The summed E-state index contributed by atoms with van der Waals surface area (Å²) in [4.78, 5) is 43.2. The first kappa shape index (κ1) is 26.3. The number of aliphatic hydroxyl groups is 2. The zero-order valence-electron chi connectivity index (χ0n) is 18.5. The first-order valence-electron chi connectivity index (χ1n) is 10.7. The van der Waals surface area contributed by atoms with Gasteiger partial charge in [0.05, 0.1) is 36.4 Å². The summed E-state index contributed by atoms with van der Waals surface area (Å²) < 4.78 is 8.00. The van der Waals surface area contributed by atoms with Crippen LogP contribution >= 0.6 is 34.8 Å². The van der Waals surface area contributed by atoms with E-state index in [0.717, 1.165) is 0 Å². The van der Waals surface area contributed by atoms with E-state index in [1.807, 2.05) is 0 Å². The number of nitrogens with one attached hydrogen (secondary N) is 3. The molecule has 2 unspecified atom stereocenters. The number of esters is 2. The number of aliphatic hydroxyl groups excluding tert-OH is 2. The first-order chi connectivity index (χ1) is 16.9. The summed E-state index contributed by atoms with van der Waals surface area (Å²) in [6, 6.07) is 6.16. The van der Waals surface area contributed by atoms with Gasteiger partial charge in [-0.3, -0.25) is 10.1 Å². The minimum Gasteiger partial charge on any atom is -0.445 e. The number of amides is 1. The van der Waals surface area contributed by atoms with Crippen LogP contribution in [0.4, 0.5) is 4.79 Å². The Kier molecular flexibility index (Phi) is 7.26. The largest absolute Gasteiger partial charge is 0.445 e. The predicted molar refractivity (Wildman–Crippen MR) is 128 cm³/mol. The molecule has 36 heavy (non-hydrogen) atoms. The third-order valence-corrected chi connectivity index (χ3v) is 6.22. The molecule has 4 rings (SSSR count). The van der Waals surface area contributed by atoms with Crippen molar-refractivity contribution >= 4 is 58.8 Å². The van der Waals surface area contributed by atoms with Gasteiger partial charge in [-0.15, -0.1) is 0 Å². The molecule has 0 saturated carbocycles. The second kappa shape index (κ2) is 9.94. The van der Waals surface area contributed by atoms with E-state index in [4.69, 9.17) is 44.3 Å². The maximum absolute atomic E-state index is 12.7. The van der Waals surface area contributed by atoms with Gasteiger partial charge in [0.15, 0.2) is 5.66 Å². The molecule has 1 amide bonds. The standard InChI is InChI=1S/C21H22Cl3N5O7/c1-10-25-15-12(7-14(31)36-17(33)11-5-3-2-4-6-11)26-18(27-19(34)35-9-20(22,23)24)29-8-13(30)16(32)21(15,29)28-10/h2-6,12-13,15-16,25,28,30,32H,1,7-9H2,(H,26,27,34)/t12-,13-,15?,16-,21?/m0/s1. The molecule has 2 saturated heterocycles. The van der Waals surface area contributed by atoms with E-state index in [9.17, 15) is 24.6 Å². The van der Waals surface area contributed by atoms with E-state index >= 15 is 0 Å². The van der Waals surface area contributed by atoms with Crippen molar-refractivity contribution in [1.29, 1.82) is 0 Å². The zero-order valence-corrected chi connectivity index (χ0v) is 20.8. The average Bonchev–Trinajstić information content (AvgIpc) is 3.29. The molecule has 1 spiro atoms. The quantitative estimate of drug-likeness (QED) is 0.197. The normalized spacial score (nSPS) is 28.8. The molecule has 1 aromatic carbocycles. The van der Waals surface area contributed by atoms with Crippen LogP contribution < -0.4 is 16.0 Å². The van der Waals surface area contributed by atoms with Gasteiger partial charge in [0.1, 0.15) is 18.8 Å². The summed E-state index contributed by atoms with van der Waals surface area (Å²) in [5, 5.41) is 29.8. The lowest BCUT2D eigenvalue weighted by Gasteiger charge is -2.46. The molecular formula is C21H22Cl3N5O7. The number of guanidine groups is 1. The Balaban J connectivity index is 1.58. The summed E-state index contributed by atoms with van der Waals surface area (Å²) in [5.41, 5.74) is -1.26. The highest BCUT2D eigenvalue weighted by Crippen LogP contribution is 2.40. The highest BCUT2D eigenvalue weighted by atomic mass is 35.6. The number of rotatable bonds is 4. The molecular weight excluding hydrogens is 541 g/mol. The summed E-state index contributed by atoms with van der Waals surface area (Å²) in [6.45, 7) is 3.12. The topological polar surface area (TPSA) is 162 Å². The minimum absolute atomic E-state index is 0.132. The van der Waals surface area contributed by atoms with Crippen molar-refractivity contribution in [3.8, 4) is 0 Å². The molecule has 194 valence electrons. The van der Waals surface area contributed by atoms with Gasteiger partial charge in [0.25, 0.3) is 0 Å². The fraction of sp³-hybridized carbons (Fsp3) is 0.429. The third kappa shape index (κ3) is 5.18. The number of carbonyl (C=O) groups excluding carboxylic acids is 3. The molecule has 3 aliphatic rings. The second-order valence-electron chi connectivity index (χ2n) is 8.34. The number of carbonyl (C=O) groups is 3. The van der Waals surface area contributed by atoms with Gasteiger partial charge >= 0.3 is 18.0 Å². The lowest BCUT2D eigenvalue weighted by atomic mass is 9.87. The van der Waals surface area contributed by atoms with Crippen LogP contribution in [0.3, 0.4) is 0 Å². The number of hydrogen-bond acceptors (Lipinski definition) is 11. The zero-order chi connectivity index (χ0) is 26.3. The molecule has 0 aliphatic carbocycles. The third-order valence-electron chi connectivity index (χ3n) is 5.89. The Morgan fingerprint density at radius 3 is 2.61 bits per heavy atom. The SMILES string of the molecule is C=C1NC2[C@H](CC(=O)OC(=O)c3ccccc3)N=C(NC(=O)OCC(Cl)(Cl)Cl)N3C[C@H](O)[C@H](O)C23N1. The monoisotopic (exact) mass is 561 g/mol. The second-order valence-corrected chi connectivity index (χ2v) is 10.9. The number of nitrogens with zero attached hydrogens (tertiary/aromatic N) is 2. The van der Waals surface area contributed by atoms with Crippen LogP contribution in [0, 0.1) is 0 Å². The number of alkyl halides is 3. The Labute approximate surface area is 220 Å². The number of halogens is 3. The van der Waals surface area contributed by atoms with E-state index < -0.39 is 64.8 Å². The van der Waals surface area contributed by atoms with Crippen LogP contribution in [0.15, 0.2) is 47.7 Å². The molecule has 5 atom stereocenters. The molecule has 0 aromatic heterocycles. The van der Waals surface area contributed by atoms with Crippen LogP contribution in [0.2, 0.25) is 0 Å². The van der Waals surface area contributed by atoms with Crippen molar-refractivity contribution in [2.45, 2.75) is 40.2 Å². The lowest BCUT2D eigenvalue weighted by molar-refractivity contribution is -0.138. The molecule has 0 bridgehead atoms. The smallest absolute Gasteiger partial charge is 0.414 e. The first-order valence-corrected chi connectivity index (χ1v) is 11.8. The average molecular weight is 563 g/mol. The summed E-state index contributed by atoms with van der Waals surface area (Å²) in [7, 11) is 0. The fourth-order valence-corrected chi connectivity index (χ4v) is 4.64. The van der Waals surface area contributed by atoms with Crippen molar-refractivity contribution in [3.63, 3.8) is 0 Å². The van der Waals surface area contributed by atoms with Crippen molar-refractivity contribution < 1.29 is 34.1 Å². The molecule has 12 nitrogen and oxygen atoms in total. The van der Waals surface area contributed by atoms with Gasteiger partial charge < -0.3 is 35.2 Å². The van der Waals surface area contributed by atoms with Crippen LogP contribution in [0.5, 0.6) is 0 Å². The number of benzene rings is 1. The highest BCUT2D eigenvalue weighted by Gasteiger charge is 2.66. The number of alkyl carbamates (subject to hydrolysis) is 1. The van der Waals surface area contributed by atoms with Gasteiger partial charge in [-0.05, 0) is 12.1 Å². The van der Waals surface area contributed by atoms with Gasteiger partial charge in [-0.2, -0.15) is 0 Å². The fourth-order valence-electron chi connectivity index (χ4n) is 4.48. The Hall–Kier alpha value is -2.77. The highest BCUT2D eigenvalue weighted by molar-refractivity contribution is 6.67. The molecule has 3 aliphatic heterocycles. The maximum Gasteiger partial charge on any atom is 0.414 e. The van der Waals surface area contributed by atoms with Crippen LogP contribution in [-0.4, -0.2) is 86.0 Å². The Bertz CT molecular complexity index is 1100. The summed E-state index contributed by atoms with van der Waals surface area (Å²) in [6.07, 6.45) is -4.08. The van der Waals surface area contributed by atoms with Crippen LogP contribution in [0.25, 0.3) is 0 Å². The maximum atomic E-state index is 12.7. The number of aliphatic imine (C=N–C) groups is 1. The van der Waals surface area contributed by atoms with E-state index in [-0.39, 0.29) is 23.9 Å². The van der Waals surface area contributed by atoms with E-state index in [2.05, 4.69) is 27.5 Å². The molecule has 0 radical (unpaired) electrons. The van der Waals surface area contributed by atoms with Crippen molar-refractivity contribution in [2.75, 3.05) is 13.2 Å². The molecule has 3 heterocycles. The summed E-state index contributed by atoms with van der Waals surface area (Å²) in [5.74, 6) is -1.59. The number of hydrogen-bond donors (Lipinski definition) is 5. The molecule has 2 fully saturated rings.